The molecule has 0 fully saturated rings. The van der Waals surface area contributed by atoms with E-state index < -0.39 is 0 Å². The number of rotatable bonds is 5. The number of benzene rings is 1. The van der Waals surface area contributed by atoms with Gasteiger partial charge >= 0.3 is 0 Å². The lowest BCUT2D eigenvalue weighted by Gasteiger charge is -2.12. The van der Waals surface area contributed by atoms with Crippen molar-refractivity contribution < 1.29 is 4.74 Å². The first-order valence-corrected chi connectivity index (χ1v) is 4.79. The second-order valence-electron chi connectivity index (χ2n) is 3.18. The van der Waals surface area contributed by atoms with Crippen LogP contribution in [0.15, 0.2) is 36.9 Å². The van der Waals surface area contributed by atoms with E-state index in [-0.39, 0.29) is 0 Å². The van der Waals surface area contributed by atoms with Gasteiger partial charge in [-0.05, 0) is 31.7 Å². The number of nitrogens with one attached hydrogen (secondary N) is 1. The summed E-state index contributed by atoms with van der Waals surface area (Å²) in [5.41, 5.74) is 1.23. The smallest absolute Gasteiger partial charge is 0.120 e. The van der Waals surface area contributed by atoms with Gasteiger partial charge in [-0.2, -0.15) is 0 Å². The Morgan fingerprint density at radius 2 is 2.36 bits per heavy atom. The highest BCUT2D eigenvalue weighted by atomic mass is 16.5. The van der Waals surface area contributed by atoms with Gasteiger partial charge in [-0.3, -0.25) is 0 Å². The molecule has 1 atom stereocenters. The summed E-state index contributed by atoms with van der Waals surface area (Å²) in [5.74, 6) is 0.893. The Hall–Kier alpha value is -1.28. The largest absolute Gasteiger partial charge is 0.490 e. The first kappa shape index (κ1) is 10.8. The fourth-order valence-electron chi connectivity index (χ4n) is 1.20. The van der Waals surface area contributed by atoms with Gasteiger partial charge in [-0.25, -0.2) is 0 Å². The van der Waals surface area contributed by atoms with Crippen LogP contribution >= 0.6 is 0 Å². The fourth-order valence-corrected chi connectivity index (χ4v) is 1.20. The van der Waals surface area contributed by atoms with E-state index in [2.05, 4.69) is 24.9 Å². The molecule has 1 aromatic carbocycles. The Kier molecular flexibility index (Phi) is 4.20. The van der Waals surface area contributed by atoms with E-state index >= 15 is 0 Å². The normalized spacial score (nSPS) is 12.1. The van der Waals surface area contributed by atoms with E-state index in [1.54, 1.807) is 6.08 Å². The van der Waals surface area contributed by atoms with Gasteiger partial charge in [0.2, 0.25) is 0 Å². The van der Waals surface area contributed by atoms with Crippen LogP contribution in [0.1, 0.15) is 18.5 Å². The van der Waals surface area contributed by atoms with Crippen molar-refractivity contribution >= 4 is 0 Å². The van der Waals surface area contributed by atoms with Gasteiger partial charge in [0.15, 0.2) is 0 Å². The van der Waals surface area contributed by atoms with E-state index in [1.165, 1.54) is 5.56 Å². The maximum atomic E-state index is 5.44. The molecule has 0 amide bonds. The Morgan fingerprint density at radius 1 is 1.57 bits per heavy atom. The van der Waals surface area contributed by atoms with Crippen LogP contribution in [0.4, 0.5) is 0 Å². The minimum atomic E-state index is 0.349. The van der Waals surface area contributed by atoms with Crippen molar-refractivity contribution in [3.05, 3.63) is 42.5 Å². The number of hydrogen-bond acceptors (Lipinski definition) is 2. The Morgan fingerprint density at radius 3 is 3.00 bits per heavy atom. The van der Waals surface area contributed by atoms with Crippen LogP contribution in [0.25, 0.3) is 0 Å². The van der Waals surface area contributed by atoms with Crippen molar-refractivity contribution in [2.75, 3.05) is 13.7 Å². The van der Waals surface area contributed by atoms with E-state index in [0.717, 1.165) is 5.75 Å². The SMILES string of the molecule is C=CCOc1cccc(C(C)NC)c1. The molecule has 0 aromatic heterocycles. The summed E-state index contributed by atoms with van der Waals surface area (Å²) in [6.07, 6.45) is 1.74. The molecule has 0 heterocycles. The third-order valence-electron chi connectivity index (χ3n) is 2.16. The van der Waals surface area contributed by atoms with Gasteiger partial charge in [0.25, 0.3) is 0 Å². The van der Waals surface area contributed by atoms with Crippen molar-refractivity contribution in [3.8, 4) is 5.75 Å². The van der Waals surface area contributed by atoms with Gasteiger partial charge in [0.05, 0.1) is 0 Å². The van der Waals surface area contributed by atoms with Crippen molar-refractivity contribution in [2.24, 2.45) is 0 Å². The van der Waals surface area contributed by atoms with Crippen molar-refractivity contribution in [3.63, 3.8) is 0 Å². The van der Waals surface area contributed by atoms with Gasteiger partial charge in [0.1, 0.15) is 12.4 Å². The molecule has 1 rings (SSSR count). The summed E-state index contributed by atoms with van der Waals surface area (Å²) in [5, 5.41) is 3.19. The molecular formula is C12H17NO. The fraction of sp³-hybridized carbons (Fsp3) is 0.333. The highest BCUT2D eigenvalue weighted by Gasteiger charge is 2.02. The molecule has 0 aliphatic heterocycles. The van der Waals surface area contributed by atoms with Crippen LogP contribution < -0.4 is 10.1 Å². The highest BCUT2D eigenvalue weighted by molar-refractivity contribution is 5.30. The topological polar surface area (TPSA) is 21.3 Å². The molecule has 0 saturated carbocycles. The summed E-state index contributed by atoms with van der Waals surface area (Å²) in [7, 11) is 1.95. The zero-order valence-corrected chi connectivity index (χ0v) is 8.79. The highest BCUT2D eigenvalue weighted by Crippen LogP contribution is 2.18. The second-order valence-corrected chi connectivity index (χ2v) is 3.18. The number of ether oxygens (including phenoxy) is 1. The molecule has 0 bridgehead atoms. The van der Waals surface area contributed by atoms with Gasteiger partial charge in [-0.15, -0.1) is 0 Å². The van der Waals surface area contributed by atoms with Crippen LogP contribution in [0.2, 0.25) is 0 Å². The van der Waals surface area contributed by atoms with Crippen LogP contribution in [-0.4, -0.2) is 13.7 Å². The predicted octanol–water partition coefficient (Wildman–Crippen LogP) is 2.53. The monoisotopic (exact) mass is 191 g/mol. The third-order valence-corrected chi connectivity index (χ3v) is 2.16. The first-order valence-electron chi connectivity index (χ1n) is 4.79. The zero-order valence-electron chi connectivity index (χ0n) is 8.79. The lowest BCUT2D eigenvalue weighted by molar-refractivity contribution is 0.362. The van der Waals surface area contributed by atoms with Gasteiger partial charge < -0.3 is 10.1 Å². The Labute approximate surface area is 85.6 Å². The zero-order chi connectivity index (χ0) is 10.4. The van der Waals surface area contributed by atoms with E-state index in [1.807, 2.05) is 25.2 Å². The van der Waals surface area contributed by atoms with E-state index in [0.29, 0.717) is 12.6 Å². The average Bonchev–Trinajstić information content (AvgIpc) is 2.25. The summed E-state index contributed by atoms with van der Waals surface area (Å²) in [6.45, 7) is 6.28. The first-order chi connectivity index (χ1) is 6.77. The average molecular weight is 191 g/mol. The van der Waals surface area contributed by atoms with Crippen LogP contribution in [-0.2, 0) is 0 Å². The van der Waals surface area contributed by atoms with Crippen molar-refractivity contribution in [2.45, 2.75) is 13.0 Å². The quantitative estimate of drug-likeness (QED) is 0.722. The molecule has 0 aliphatic carbocycles. The number of hydrogen-bond donors (Lipinski definition) is 1. The van der Waals surface area contributed by atoms with Crippen LogP contribution in [0.5, 0.6) is 5.75 Å². The van der Waals surface area contributed by atoms with Crippen molar-refractivity contribution in [1.29, 1.82) is 0 Å². The summed E-state index contributed by atoms with van der Waals surface area (Å²) >= 11 is 0. The molecule has 1 N–H and O–H groups in total. The molecular weight excluding hydrogens is 174 g/mol. The minimum Gasteiger partial charge on any atom is -0.490 e. The molecule has 2 nitrogen and oxygen atoms in total. The second kappa shape index (κ2) is 5.45. The maximum Gasteiger partial charge on any atom is 0.120 e. The molecule has 1 aromatic rings. The Balaban J connectivity index is 2.73. The molecule has 0 spiro atoms. The van der Waals surface area contributed by atoms with E-state index in [4.69, 9.17) is 4.74 Å². The third kappa shape index (κ3) is 2.89. The predicted molar refractivity (Wildman–Crippen MR) is 59.6 cm³/mol. The van der Waals surface area contributed by atoms with Crippen LogP contribution in [0, 0.1) is 0 Å². The summed E-state index contributed by atoms with van der Waals surface area (Å²) in [4.78, 5) is 0. The molecule has 0 saturated heterocycles. The van der Waals surface area contributed by atoms with E-state index in [9.17, 15) is 0 Å². The molecule has 2 heteroatoms. The van der Waals surface area contributed by atoms with Gasteiger partial charge in [-0.1, -0.05) is 24.8 Å². The molecule has 14 heavy (non-hydrogen) atoms. The lowest BCUT2D eigenvalue weighted by Crippen LogP contribution is -2.12. The molecule has 0 aliphatic rings. The minimum absolute atomic E-state index is 0.349. The standard InChI is InChI=1S/C12H17NO/c1-4-8-14-12-7-5-6-11(9-12)10(2)13-3/h4-7,9-10,13H,1,8H2,2-3H3. The molecule has 76 valence electrons. The van der Waals surface area contributed by atoms with Crippen LogP contribution in [0.3, 0.4) is 0 Å². The molecule has 1 unspecified atom stereocenters. The Bertz CT molecular complexity index is 296. The van der Waals surface area contributed by atoms with Crippen molar-refractivity contribution in [1.82, 2.24) is 5.32 Å². The maximum absolute atomic E-state index is 5.44. The summed E-state index contributed by atoms with van der Waals surface area (Å²) in [6, 6.07) is 8.44. The van der Waals surface area contributed by atoms with Gasteiger partial charge in [0, 0.05) is 6.04 Å². The lowest BCUT2D eigenvalue weighted by atomic mass is 10.1. The summed E-state index contributed by atoms with van der Waals surface area (Å²) < 4.78 is 5.44. The molecule has 0 radical (unpaired) electrons.